The molecule has 0 radical (unpaired) electrons. The molecule has 138 valence electrons. The molecule has 27 heavy (non-hydrogen) atoms. The van der Waals surface area contributed by atoms with Gasteiger partial charge in [0.25, 0.3) is 5.91 Å². The molecule has 1 aliphatic heterocycles. The first-order valence-electron chi connectivity index (χ1n) is 8.81. The van der Waals surface area contributed by atoms with Crippen LogP contribution in [0.5, 0.6) is 5.75 Å². The average molecular weight is 382 g/mol. The van der Waals surface area contributed by atoms with Gasteiger partial charge in [-0.1, -0.05) is 17.7 Å². The van der Waals surface area contributed by atoms with Crippen LogP contribution >= 0.6 is 11.6 Å². The molecule has 0 atom stereocenters. The van der Waals surface area contributed by atoms with Crippen LogP contribution in [0.15, 0.2) is 48.8 Å². The number of fused-ring (bicyclic) bond motifs is 1. The Morgan fingerprint density at radius 2 is 2.04 bits per heavy atom. The van der Waals surface area contributed by atoms with Crippen LogP contribution in [0.4, 0.5) is 0 Å². The zero-order chi connectivity index (χ0) is 19.0. The number of nitrogens with zero attached hydrogens (tertiary/aromatic N) is 3. The molecule has 1 aliphatic rings. The molecule has 0 aliphatic carbocycles. The highest BCUT2D eigenvalue weighted by atomic mass is 35.5. The van der Waals surface area contributed by atoms with Crippen LogP contribution in [0.3, 0.4) is 0 Å². The second kappa shape index (κ2) is 7.08. The van der Waals surface area contributed by atoms with Crippen LogP contribution < -0.4 is 4.74 Å². The molecule has 0 saturated carbocycles. The first-order valence-corrected chi connectivity index (χ1v) is 9.19. The number of hydrogen-bond acceptors (Lipinski definition) is 3. The zero-order valence-corrected chi connectivity index (χ0v) is 16.0. The fraction of sp³-hybridized carbons (Fsp3) is 0.238. The van der Waals surface area contributed by atoms with Gasteiger partial charge in [-0.05, 0) is 53.9 Å². The molecule has 0 N–H and O–H groups in total. The maximum atomic E-state index is 12.1. The first-order chi connectivity index (χ1) is 13.0. The van der Waals surface area contributed by atoms with Crippen LogP contribution in [-0.2, 0) is 13.1 Å². The second-order valence-electron chi connectivity index (χ2n) is 6.73. The van der Waals surface area contributed by atoms with Crippen LogP contribution in [0.1, 0.15) is 21.7 Å². The van der Waals surface area contributed by atoms with Gasteiger partial charge in [0, 0.05) is 36.6 Å². The van der Waals surface area contributed by atoms with E-state index in [4.69, 9.17) is 16.3 Å². The molecule has 2 heterocycles. The third-order valence-electron chi connectivity index (χ3n) is 4.82. The van der Waals surface area contributed by atoms with E-state index in [0.29, 0.717) is 18.2 Å². The maximum absolute atomic E-state index is 12.1. The average Bonchev–Trinajstić information content (AvgIpc) is 3.17. The fourth-order valence-corrected chi connectivity index (χ4v) is 3.59. The van der Waals surface area contributed by atoms with Gasteiger partial charge >= 0.3 is 0 Å². The Morgan fingerprint density at radius 1 is 1.19 bits per heavy atom. The molecular weight excluding hydrogens is 362 g/mol. The standard InChI is InChI=1S/C21H20ClN3O2/c1-14-23-5-6-25(14)7-8-27-19-11-16(10-18(22)12-19)15-3-4-20-17(9-15)13-24(2)21(20)26/h3-6,9-12H,7-8,13H2,1-2H3. The van der Waals surface area contributed by atoms with E-state index in [1.807, 2.05) is 55.1 Å². The lowest BCUT2D eigenvalue weighted by Crippen LogP contribution is -2.17. The largest absolute Gasteiger partial charge is 0.492 e. The third-order valence-corrected chi connectivity index (χ3v) is 5.04. The lowest BCUT2D eigenvalue weighted by molar-refractivity contribution is 0.0816. The van der Waals surface area contributed by atoms with E-state index >= 15 is 0 Å². The Bertz CT molecular complexity index is 1010. The van der Waals surface area contributed by atoms with Crippen molar-refractivity contribution in [3.8, 4) is 16.9 Å². The summed E-state index contributed by atoms with van der Waals surface area (Å²) >= 11 is 6.31. The minimum absolute atomic E-state index is 0.0708. The molecule has 0 fully saturated rings. The molecular formula is C21H20ClN3O2. The third kappa shape index (κ3) is 3.55. The van der Waals surface area contributed by atoms with E-state index in [1.165, 1.54) is 0 Å². The molecule has 0 saturated heterocycles. The lowest BCUT2D eigenvalue weighted by Gasteiger charge is -2.11. The summed E-state index contributed by atoms with van der Waals surface area (Å²) in [5.41, 5.74) is 3.81. The highest BCUT2D eigenvalue weighted by Crippen LogP contribution is 2.32. The van der Waals surface area contributed by atoms with E-state index < -0.39 is 0 Å². The van der Waals surface area contributed by atoms with Crippen molar-refractivity contribution in [2.75, 3.05) is 13.7 Å². The van der Waals surface area contributed by atoms with Gasteiger partial charge in [0.15, 0.2) is 0 Å². The smallest absolute Gasteiger partial charge is 0.254 e. The monoisotopic (exact) mass is 381 g/mol. The van der Waals surface area contributed by atoms with Gasteiger partial charge in [-0.3, -0.25) is 4.79 Å². The highest BCUT2D eigenvalue weighted by Gasteiger charge is 2.24. The zero-order valence-electron chi connectivity index (χ0n) is 15.3. The number of aryl methyl sites for hydroxylation is 1. The number of halogens is 1. The first kappa shape index (κ1) is 17.6. The number of rotatable bonds is 5. The molecule has 1 amide bonds. The highest BCUT2D eigenvalue weighted by molar-refractivity contribution is 6.31. The SMILES string of the molecule is Cc1nccn1CCOc1cc(Cl)cc(-c2ccc3c(c2)CN(C)C3=O)c1. The fourth-order valence-electron chi connectivity index (χ4n) is 3.36. The van der Waals surface area contributed by atoms with Crippen molar-refractivity contribution in [2.24, 2.45) is 0 Å². The lowest BCUT2D eigenvalue weighted by atomic mass is 10.0. The molecule has 3 aromatic rings. The van der Waals surface area contributed by atoms with Crippen LogP contribution in [0.2, 0.25) is 5.02 Å². The van der Waals surface area contributed by atoms with Gasteiger partial charge in [0.05, 0.1) is 6.54 Å². The Hall–Kier alpha value is -2.79. The van der Waals surface area contributed by atoms with Gasteiger partial charge in [-0.25, -0.2) is 4.98 Å². The number of hydrogen-bond donors (Lipinski definition) is 0. The summed E-state index contributed by atoms with van der Waals surface area (Å²) < 4.78 is 7.95. The molecule has 0 bridgehead atoms. The van der Waals surface area contributed by atoms with Crippen molar-refractivity contribution in [3.63, 3.8) is 0 Å². The van der Waals surface area contributed by atoms with Gasteiger partial charge in [-0.15, -0.1) is 0 Å². The van der Waals surface area contributed by atoms with Crippen LogP contribution in [-0.4, -0.2) is 34.0 Å². The summed E-state index contributed by atoms with van der Waals surface area (Å²) in [6, 6.07) is 11.6. The minimum atomic E-state index is 0.0708. The number of carbonyl (C=O) groups is 1. The number of imidazole rings is 1. The minimum Gasteiger partial charge on any atom is -0.492 e. The quantitative estimate of drug-likeness (QED) is 0.666. The second-order valence-corrected chi connectivity index (χ2v) is 7.16. The van der Waals surface area contributed by atoms with E-state index in [9.17, 15) is 4.79 Å². The number of ether oxygens (including phenoxy) is 1. The molecule has 2 aromatic carbocycles. The van der Waals surface area contributed by atoms with Gasteiger partial charge in [0.2, 0.25) is 0 Å². The van der Waals surface area contributed by atoms with Crippen molar-refractivity contribution < 1.29 is 9.53 Å². The Kier molecular flexibility index (Phi) is 4.62. The predicted octanol–water partition coefficient (Wildman–Crippen LogP) is 4.18. The summed E-state index contributed by atoms with van der Waals surface area (Å²) in [6.07, 6.45) is 3.72. The van der Waals surface area contributed by atoms with Crippen molar-refractivity contribution in [2.45, 2.75) is 20.0 Å². The molecule has 0 unspecified atom stereocenters. The van der Waals surface area contributed by atoms with Crippen molar-refractivity contribution in [3.05, 3.63) is 70.8 Å². The number of amides is 1. The van der Waals surface area contributed by atoms with Gasteiger partial charge in [-0.2, -0.15) is 0 Å². The summed E-state index contributed by atoms with van der Waals surface area (Å²) in [5.74, 6) is 1.76. The summed E-state index contributed by atoms with van der Waals surface area (Å²) in [5, 5.41) is 0.620. The Labute approximate surface area is 163 Å². The van der Waals surface area contributed by atoms with E-state index in [2.05, 4.69) is 11.1 Å². The van der Waals surface area contributed by atoms with Crippen molar-refractivity contribution in [1.29, 1.82) is 0 Å². The normalized spacial score (nSPS) is 13.1. The van der Waals surface area contributed by atoms with E-state index in [-0.39, 0.29) is 5.91 Å². The van der Waals surface area contributed by atoms with Crippen LogP contribution in [0, 0.1) is 6.92 Å². The molecule has 1 aromatic heterocycles. The Balaban J connectivity index is 1.53. The topological polar surface area (TPSA) is 47.4 Å². The van der Waals surface area contributed by atoms with Crippen molar-refractivity contribution in [1.82, 2.24) is 14.5 Å². The number of aromatic nitrogens is 2. The molecule has 5 nitrogen and oxygen atoms in total. The summed E-state index contributed by atoms with van der Waals surface area (Å²) in [4.78, 5) is 18.0. The Morgan fingerprint density at radius 3 is 2.81 bits per heavy atom. The van der Waals surface area contributed by atoms with Gasteiger partial charge < -0.3 is 14.2 Å². The number of carbonyl (C=O) groups excluding carboxylic acids is 1. The maximum Gasteiger partial charge on any atom is 0.254 e. The molecule has 0 spiro atoms. The van der Waals surface area contributed by atoms with Crippen molar-refractivity contribution >= 4 is 17.5 Å². The van der Waals surface area contributed by atoms with E-state index in [1.54, 1.807) is 11.1 Å². The van der Waals surface area contributed by atoms with Crippen LogP contribution in [0.25, 0.3) is 11.1 Å². The summed E-state index contributed by atoms with van der Waals surface area (Å²) in [7, 11) is 1.81. The summed E-state index contributed by atoms with van der Waals surface area (Å²) in [6.45, 7) is 3.85. The predicted molar refractivity (Wildman–Crippen MR) is 105 cm³/mol. The molecule has 6 heteroatoms. The molecule has 4 rings (SSSR count). The van der Waals surface area contributed by atoms with Gasteiger partial charge in [0.1, 0.15) is 18.2 Å². The van der Waals surface area contributed by atoms with E-state index in [0.717, 1.165) is 40.4 Å². The number of benzene rings is 2.